The predicted molar refractivity (Wildman–Crippen MR) is 133 cm³/mol. The van der Waals surface area contributed by atoms with Crippen LogP contribution in [0.1, 0.15) is 40.2 Å². The van der Waals surface area contributed by atoms with Crippen molar-refractivity contribution in [2.75, 3.05) is 0 Å². The van der Waals surface area contributed by atoms with Crippen LogP contribution >= 0.6 is 11.6 Å². The first-order chi connectivity index (χ1) is 16.0. The SMILES string of the molecule is Cc1cc(Cl)ccc1C1CC1C=C(c1ccc(C=CC(=O)O)cc1)c1ccc2[nH]ncc2c1. The number of benzene rings is 3. The Morgan fingerprint density at radius 1 is 1.09 bits per heavy atom. The fraction of sp³-hybridized carbons (Fsp3) is 0.143. The highest BCUT2D eigenvalue weighted by Crippen LogP contribution is 2.51. The second-order valence-corrected chi connectivity index (χ2v) is 8.99. The molecule has 1 aliphatic rings. The van der Waals surface area contributed by atoms with Gasteiger partial charge in [-0.2, -0.15) is 5.10 Å². The summed E-state index contributed by atoms with van der Waals surface area (Å²) in [6.45, 7) is 2.12. The van der Waals surface area contributed by atoms with Crippen molar-refractivity contribution in [3.05, 3.63) is 112 Å². The van der Waals surface area contributed by atoms with E-state index in [0.717, 1.165) is 45.1 Å². The second kappa shape index (κ2) is 8.72. The number of aromatic amines is 1. The smallest absolute Gasteiger partial charge is 0.328 e. The maximum absolute atomic E-state index is 10.8. The van der Waals surface area contributed by atoms with Gasteiger partial charge in [-0.25, -0.2) is 4.79 Å². The van der Waals surface area contributed by atoms with Gasteiger partial charge in [0.15, 0.2) is 0 Å². The summed E-state index contributed by atoms with van der Waals surface area (Å²) in [7, 11) is 0. The van der Waals surface area contributed by atoms with Crippen LogP contribution < -0.4 is 0 Å². The molecule has 3 aromatic carbocycles. The average molecular weight is 455 g/mol. The van der Waals surface area contributed by atoms with E-state index < -0.39 is 5.97 Å². The number of carboxylic acid groups (broad SMARTS) is 1. The van der Waals surface area contributed by atoms with Gasteiger partial charge in [-0.1, -0.05) is 54.1 Å². The molecule has 2 N–H and O–H groups in total. The minimum absolute atomic E-state index is 0.450. The second-order valence-electron chi connectivity index (χ2n) is 8.55. The van der Waals surface area contributed by atoms with E-state index in [1.807, 2.05) is 30.5 Å². The Bertz CT molecular complexity index is 1400. The van der Waals surface area contributed by atoms with Crippen molar-refractivity contribution in [3.8, 4) is 0 Å². The number of aryl methyl sites for hydroxylation is 1. The summed E-state index contributed by atoms with van der Waals surface area (Å²) in [5, 5.41) is 17.9. The zero-order valence-corrected chi connectivity index (χ0v) is 18.9. The lowest BCUT2D eigenvalue weighted by atomic mass is 9.94. The van der Waals surface area contributed by atoms with Gasteiger partial charge in [0.1, 0.15) is 0 Å². The van der Waals surface area contributed by atoms with Crippen LogP contribution in [0.15, 0.2) is 79.0 Å². The topological polar surface area (TPSA) is 66.0 Å². The summed E-state index contributed by atoms with van der Waals surface area (Å²) in [5.74, 6) is -0.00968. The van der Waals surface area contributed by atoms with Crippen molar-refractivity contribution >= 4 is 40.1 Å². The molecule has 1 fully saturated rings. The Balaban J connectivity index is 1.51. The van der Waals surface area contributed by atoms with E-state index >= 15 is 0 Å². The van der Waals surface area contributed by atoms with E-state index in [1.54, 1.807) is 6.08 Å². The highest BCUT2D eigenvalue weighted by molar-refractivity contribution is 6.30. The Morgan fingerprint density at radius 3 is 2.64 bits per heavy atom. The van der Waals surface area contributed by atoms with Crippen LogP contribution in [-0.4, -0.2) is 21.3 Å². The third-order valence-corrected chi connectivity index (χ3v) is 6.48. The van der Waals surface area contributed by atoms with E-state index in [1.165, 1.54) is 16.7 Å². The van der Waals surface area contributed by atoms with Crippen molar-refractivity contribution < 1.29 is 9.90 Å². The number of allylic oxidation sites excluding steroid dienone is 1. The third kappa shape index (κ3) is 4.62. The van der Waals surface area contributed by atoms with Crippen LogP contribution in [0.4, 0.5) is 0 Å². The minimum Gasteiger partial charge on any atom is -0.478 e. The van der Waals surface area contributed by atoms with E-state index in [4.69, 9.17) is 16.7 Å². The molecular weight excluding hydrogens is 432 g/mol. The number of carboxylic acids is 1. The van der Waals surface area contributed by atoms with E-state index in [2.05, 4.69) is 59.6 Å². The summed E-state index contributed by atoms with van der Waals surface area (Å²) >= 11 is 6.16. The van der Waals surface area contributed by atoms with Gasteiger partial charge in [-0.15, -0.1) is 0 Å². The normalized spacial score (nSPS) is 18.2. The molecule has 164 valence electrons. The van der Waals surface area contributed by atoms with Crippen LogP contribution in [0.2, 0.25) is 5.02 Å². The minimum atomic E-state index is -0.953. The number of hydrogen-bond acceptors (Lipinski definition) is 2. The van der Waals surface area contributed by atoms with Crippen LogP contribution in [0.3, 0.4) is 0 Å². The van der Waals surface area contributed by atoms with Crippen molar-refractivity contribution in [1.82, 2.24) is 10.2 Å². The number of fused-ring (bicyclic) bond motifs is 1. The molecule has 5 heteroatoms. The molecule has 5 rings (SSSR count). The molecule has 0 saturated heterocycles. The predicted octanol–water partition coefficient (Wildman–Crippen LogP) is 6.86. The Hall–Kier alpha value is -3.63. The Morgan fingerprint density at radius 2 is 1.88 bits per heavy atom. The maximum atomic E-state index is 10.8. The molecule has 2 atom stereocenters. The quantitative estimate of drug-likeness (QED) is 0.313. The molecule has 4 nitrogen and oxygen atoms in total. The Kier molecular flexibility index (Phi) is 5.61. The molecule has 0 bridgehead atoms. The largest absolute Gasteiger partial charge is 0.478 e. The maximum Gasteiger partial charge on any atom is 0.328 e. The summed E-state index contributed by atoms with van der Waals surface area (Å²) in [6, 6.07) is 20.5. The zero-order valence-electron chi connectivity index (χ0n) is 18.1. The van der Waals surface area contributed by atoms with Gasteiger partial charge in [0.2, 0.25) is 0 Å². The first-order valence-corrected chi connectivity index (χ1v) is 11.3. The molecule has 1 aromatic heterocycles. The van der Waals surface area contributed by atoms with Crippen molar-refractivity contribution in [2.45, 2.75) is 19.3 Å². The lowest BCUT2D eigenvalue weighted by Crippen LogP contribution is -1.92. The summed E-state index contributed by atoms with van der Waals surface area (Å²) in [4.78, 5) is 10.8. The van der Waals surface area contributed by atoms with Gasteiger partial charge in [0, 0.05) is 16.5 Å². The van der Waals surface area contributed by atoms with Crippen LogP contribution in [0.5, 0.6) is 0 Å². The van der Waals surface area contributed by atoms with E-state index in [0.29, 0.717) is 11.8 Å². The number of aliphatic carboxylic acids is 1. The van der Waals surface area contributed by atoms with Crippen molar-refractivity contribution in [1.29, 1.82) is 0 Å². The van der Waals surface area contributed by atoms with Crippen LogP contribution in [0, 0.1) is 12.8 Å². The third-order valence-electron chi connectivity index (χ3n) is 6.24. The van der Waals surface area contributed by atoms with Crippen molar-refractivity contribution in [3.63, 3.8) is 0 Å². The van der Waals surface area contributed by atoms with Crippen LogP contribution in [-0.2, 0) is 4.79 Å². The Labute approximate surface area is 197 Å². The molecule has 1 aliphatic carbocycles. The standard InChI is InChI=1S/C28H23ClN2O2/c1-17-12-23(29)8-9-24(17)26-15-21(26)14-25(20-7-10-27-22(13-20)16-30-31-27)19-5-2-18(3-6-19)4-11-28(32)33/h2-14,16,21,26H,15H2,1H3,(H,30,31)(H,32,33). The summed E-state index contributed by atoms with van der Waals surface area (Å²) in [6.07, 6.45) is 8.09. The van der Waals surface area contributed by atoms with E-state index in [-0.39, 0.29) is 0 Å². The number of hydrogen-bond donors (Lipinski definition) is 2. The fourth-order valence-electron chi connectivity index (χ4n) is 4.44. The van der Waals surface area contributed by atoms with E-state index in [9.17, 15) is 4.79 Å². The number of aromatic nitrogens is 2. The number of rotatable bonds is 6. The molecule has 0 aliphatic heterocycles. The van der Waals surface area contributed by atoms with Crippen LogP contribution in [0.25, 0.3) is 22.6 Å². The summed E-state index contributed by atoms with van der Waals surface area (Å²) in [5.41, 5.74) is 7.87. The molecule has 2 unspecified atom stereocenters. The number of nitrogens with one attached hydrogen (secondary N) is 1. The number of carbonyl (C=O) groups is 1. The van der Waals surface area contributed by atoms with Gasteiger partial charge in [-0.3, -0.25) is 5.10 Å². The van der Waals surface area contributed by atoms with Gasteiger partial charge in [0.05, 0.1) is 11.7 Å². The molecule has 1 saturated carbocycles. The monoisotopic (exact) mass is 454 g/mol. The van der Waals surface area contributed by atoms with Gasteiger partial charge in [0.25, 0.3) is 0 Å². The molecule has 0 amide bonds. The fourth-order valence-corrected chi connectivity index (χ4v) is 4.66. The molecule has 0 radical (unpaired) electrons. The first-order valence-electron chi connectivity index (χ1n) is 10.9. The molecule has 0 spiro atoms. The van der Waals surface area contributed by atoms with Crippen molar-refractivity contribution in [2.24, 2.45) is 5.92 Å². The summed E-state index contributed by atoms with van der Waals surface area (Å²) < 4.78 is 0. The number of nitrogens with zero attached hydrogens (tertiary/aromatic N) is 1. The first kappa shape index (κ1) is 21.2. The highest BCUT2D eigenvalue weighted by atomic mass is 35.5. The molecule has 1 heterocycles. The molecular formula is C28H23ClN2O2. The molecule has 33 heavy (non-hydrogen) atoms. The zero-order chi connectivity index (χ0) is 22.9. The highest BCUT2D eigenvalue weighted by Gasteiger charge is 2.37. The number of H-pyrrole nitrogens is 1. The number of halogens is 1. The van der Waals surface area contributed by atoms with Gasteiger partial charge in [-0.05, 0) is 88.9 Å². The molecule has 4 aromatic rings. The average Bonchev–Trinajstić information content (AvgIpc) is 3.39. The van der Waals surface area contributed by atoms with Gasteiger partial charge < -0.3 is 5.11 Å². The van der Waals surface area contributed by atoms with Gasteiger partial charge >= 0.3 is 5.97 Å². The lowest BCUT2D eigenvalue weighted by Gasteiger charge is -2.11. The lowest BCUT2D eigenvalue weighted by molar-refractivity contribution is -0.131.